The molecule has 1 aliphatic carbocycles. The SMILES string of the molecule is COc1ccc(-c2nc(CN(C)C(C)C3CC3)cs2)cc1. The highest BCUT2D eigenvalue weighted by atomic mass is 32.1. The Bertz CT molecular complexity index is 589. The van der Waals surface area contributed by atoms with E-state index in [0.717, 1.165) is 28.8 Å². The molecule has 3 nitrogen and oxygen atoms in total. The van der Waals surface area contributed by atoms with E-state index in [4.69, 9.17) is 9.72 Å². The van der Waals surface area contributed by atoms with Crippen LogP contribution in [-0.4, -0.2) is 30.1 Å². The number of benzene rings is 1. The minimum atomic E-state index is 0.663. The first-order valence-electron chi connectivity index (χ1n) is 7.46. The van der Waals surface area contributed by atoms with Crippen LogP contribution < -0.4 is 4.74 Å². The Balaban J connectivity index is 1.67. The predicted molar refractivity (Wildman–Crippen MR) is 87.8 cm³/mol. The fourth-order valence-electron chi connectivity index (χ4n) is 2.58. The standard InChI is InChI=1S/C17H22N2OS/c1-12(13-4-5-13)19(2)10-15-11-21-17(18-15)14-6-8-16(20-3)9-7-14/h6-9,11-13H,4-5,10H2,1-3H3. The number of nitrogens with zero attached hydrogens (tertiary/aromatic N) is 2. The van der Waals surface area contributed by atoms with Crippen LogP contribution in [0.5, 0.6) is 5.75 Å². The Morgan fingerprint density at radius 1 is 1.33 bits per heavy atom. The highest BCUT2D eigenvalue weighted by Crippen LogP contribution is 2.35. The molecule has 0 spiro atoms. The molecule has 1 heterocycles. The molecule has 0 amide bonds. The zero-order chi connectivity index (χ0) is 14.8. The maximum absolute atomic E-state index is 5.19. The molecule has 3 rings (SSSR count). The fraction of sp³-hybridized carbons (Fsp3) is 0.471. The van der Waals surface area contributed by atoms with Gasteiger partial charge < -0.3 is 4.74 Å². The lowest BCUT2D eigenvalue weighted by molar-refractivity contribution is 0.224. The average molecular weight is 302 g/mol. The molecule has 1 aromatic carbocycles. The van der Waals surface area contributed by atoms with Gasteiger partial charge in [-0.2, -0.15) is 0 Å². The summed E-state index contributed by atoms with van der Waals surface area (Å²) >= 11 is 1.72. The number of ether oxygens (including phenoxy) is 1. The third kappa shape index (κ3) is 3.44. The summed E-state index contributed by atoms with van der Waals surface area (Å²) in [6.45, 7) is 3.26. The normalized spacial score (nSPS) is 16.2. The van der Waals surface area contributed by atoms with E-state index in [1.807, 2.05) is 12.1 Å². The molecule has 0 aliphatic heterocycles. The van der Waals surface area contributed by atoms with E-state index in [0.29, 0.717) is 6.04 Å². The molecule has 1 unspecified atom stereocenters. The van der Waals surface area contributed by atoms with Crippen molar-refractivity contribution >= 4 is 11.3 Å². The third-order valence-electron chi connectivity index (χ3n) is 4.30. The van der Waals surface area contributed by atoms with Gasteiger partial charge in [0, 0.05) is 23.5 Å². The molecule has 112 valence electrons. The van der Waals surface area contributed by atoms with Crippen LogP contribution >= 0.6 is 11.3 Å². The maximum atomic E-state index is 5.19. The zero-order valence-corrected chi connectivity index (χ0v) is 13.7. The van der Waals surface area contributed by atoms with Gasteiger partial charge in [0.05, 0.1) is 12.8 Å². The molecule has 1 saturated carbocycles. The number of hydrogen-bond acceptors (Lipinski definition) is 4. The minimum Gasteiger partial charge on any atom is -0.497 e. The van der Waals surface area contributed by atoms with Gasteiger partial charge in [-0.05, 0) is 57.0 Å². The molecule has 0 saturated heterocycles. The fourth-order valence-corrected chi connectivity index (χ4v) is 3.40. The largest absolute Gasteiger partial charge is 0.497 e. The second-order valence-corrected chi connectivity index (χ2v) is 6.72. The van der Waals surface area contributed by atoms with Crippen LogP contribution in [0.25, 0.3) is 10.6 Å². The number of methoxy groups -OCH3 is 1. The molecule has 4 heteroatoms. The summed E-state index contributed by atoms with van der Waals surface area (Å²) in [5.41, 5.74) is 2.32. The highest BCUT2D eigenvalue weighted by Gasteiger charge is 2.30. The van der Waals surface area contributed by atoms with Gasteiger partial charge >= 0.3 is 0 Å². The monoisotopic (exact) mass is 302 g/mol. The van der Waals surface area contributed by atoms with E-state index in [9.17, 15) is 0 Å². The van der Waals surface area contributed by atoms with Crippen LogP contribution in [0, 0.1) is 5.92 Å². The van der Waals surface area contributed by atoms with Gasteiger partial charge in [0.2, 0.25) is 0 Å². The molecule has 0 bridgehead atoms. The number of rotatable bonds is 6. The second-order valence-electron chi connectivity index (χ2n) is 5.87. The van der Waals surface area contributed by atoms with Gasteiger partial charge in [0.1, 0.15) is 10.8 Å². The quantitative estimate of drug-likeness (QED) is 0.805. The lowest BCUT2D eigenvalue weighted by Gasteiger charge is -2.23. The maximum Gasteiger partial charge on any atom is 0.123 e. The predicted octanol–water partition coefficient (Wildman–Crippen LogP) is 4.05. The lowest BCUT2D eigenvalue weighted by Crippen LogP contribution is -2.30. The van der Waals surface area contributed by atoms with Crippen LogP contribution in [0.3, 0.4) is 0 Å². The summed E-state index contributed by atoms with van der Waals surface area (Å²) in [5.74, 6) is 1.78. The van der Waals surface area contributed by atoms with Gasteiger partial charge in [0.25, 0.3) is 0 Å². The summed E-state index contributed by atoms with van der Waals surface area (Å²) in [6.07, 6.45) is 2.78. The third-order valence-corrected chi connectivity index (χ3v) is 5.24. The molecule has 1 atom stereocenters. The summed E-state index contributed by atoms with van der Waals surface area (Å²) in [4.78, 5) is 7.20. The van der Waals surface area contributed by atoms with E-state index in [-0.39, 0.29) is 0 Å². The first-order valence-corrected chi connectivity index (χ1v) is 8.34. The number of hydrogen-bond donors (Lipinski definition) is 0. The van der Waals surface area contributed by atoms with Crippen LogP contribution in [0.1, 0.15) is 25.5 Å². The second kappa shape index (κ2) is 6.16. The van der Waals surface area contributed by atoms with Crippen molar-refractivity contribution in [3.05, 3.63) is 35.3 Å². The van der Waals surface area contributed by atoms with E-state index < -0.39 is 0 Å². The Labute approximate surface area is 130 Å². The van der Waals surface area contributed by atoms with Crippen molar-refractivity contribution < 1.29 is 4.74 Å². The summed E-state index contributed by atoms with van der Waals surface area (Å²) in [5, 5.41) is 3.26. The van der Waals surface area contributed by atoms with E-state index in [1.54, 1.807) is 18.4 Å². The van der Waals surface area contributed by atoms with Crippen molar-refractivity contribution in [2.24, 2.45) is 5.92 Å². The van der Waals surface area contributed by atoms with Crippen LogP contribution in [-0.2, 0) is 6.54 Å². The molecule has 0 N–H and O–H groups in total. The molecule has 0 radical (unpaired) electrons. The van der Waals surface area contributed by atoms with Gasteiger partial charge in [-0.25, -0.2) is 4.98 Å². The van der Waals surface area contributed by atoms with Crippen LogP contribution in [0.2, 0.25) is 0 Å². The van der Waals surface area contributed by atoms with E-state index >= 15 is 0 Å². The Morgan fingerprint density at radius 2 is 2.05 bits per heavy atom. The van der Waals surface area contributed by atoms with E-state index in [1.165, 1.54) is 18.5 Å². The first kappa shape index (κ1) is 14.5. The summed E-state index contributed by atoms with van der Waals surface area (Å²) in [6, 6.07) is 8.77. The minimum absolute atomic E-state index is 0.663. The average Bonchev–Trinajstić information content (AvgIpc) is 3.26. The molecule has 1 fully saturated rings. The molecule has 1 aromatic heterocycles. The van der Waals surface area contributed by atoms with Crippen molar-refractivity contribution in [2.75, 3.05) is 14.2 Å². The summed E-state index contributed by atoms with van der Waals surface area (Å²) < 4.78 is 5.19. The summed E-state index contributed by atoms with van der Waals surface area (Å²) in [7, 11) is 3.89. The molecule has 21 heavy (non-hydrogen) atoms. The van der Waals surface area contributed by atoms with Crippen LogP contribution in [0.4, 0.5) is 0 Å². The van der Waals surface area contributed by atoms with E-state index in [2.05, 4.69) is 36.4 Å². The van der Waals surface area contributed by atoms with Gasteiger partial charge in [-0.15, -0.1) is 11.3 Å². The lowest BCUT2D eigenvalue weighted by atomic mass is 10.2. The first-order chi connectivity index (χ1) is 10.2. The molecular formula is C17H22N2OS. The van der Waals surface area contributed by atoms with Crippen molar-refractivity contribution in [1.82, 2.24) is 9.88 Å². The Hall–Kier alpha value is -1.39. The van der Waals surface area contributed by atoms with Crippen molar-refractivity contribution in [2.45, 2.75) is 32.4 Å². The molecule has 1 aliphatic rings. The van der Waals surface area contributed by atoms with Gasteiger partial charge in [-0.3, -0.25) is 4.90 Å². The Morgan fingerprint density at radius 3 is 2.67 bits per heavy atom. The molecule has 2 aromatic rings. The van der Waals surface area contributed by atoms with Crippen molar-refractivity contribution in [1.29, 1.82) is 0 Å². The number of aromatic nitrogens is 1. The highest BCUT2D eigenvalue weighted by molar-refractivity contribution is 7.13. The van der Waals surface area contributed by atoms with Crippen molar-refractivity contribution in [3.8, 4) is 16.3 Å². The van der Waals surface area contributed by atoms with Gasteiger partial charge in [0.15, 0.2) is 0 Å². The smallest absolute Gasteiger partial charge is 0.123 e. The van der Waals surface area contributed by atoms with Gasteiger partial charge in [-0.1, -0.05) is 0 Å². The topological polar surface area (TPSA) is 25.4 Å². The zero-order valence-electron chi connectivity index (χ0n) is 12.9. The van der Waals surface area contributed by atoms with Crippen molar-refractivity contribution in [3.63, 3.8) is 0 Å². The Kier molecular flexibility index (Phi) is 4.27. The molecular weight excluding hydrogens is 280 g/mol. The number of thiazole rings is 1. The van der Waals surface area contributed by atoms with Crippen LogP contribution in [0.15, 0.2) is 29.6 Å².